The van der Waals surface area contributed by atoms with Crippen molar-refractivity contribution in [2.45, 2.75) is 13.5 Å². The van der Waals surface area contributed by atoms with Crippen LogP contribution in [0.15, 0.2) is 59.2 Å². The second-order valence-electron chi connectivity index (χ2n) is 6.16. The molecule has 4 aromatic rings. The number of furan rings is 1. The summed E-state index contributed by atoms with van der Waals surface area (Å²) in [6.07, 6.45) is 1.50. The first-order valence-electron chi connectivity index (χ1n) is 8.88. The predicted molar refractivity (Wildman–Crippen MR) is 106 cm³/mol. The quantitative estimate of drug-likeness (QED) is 0.423. The van der Waals surface area contributed by atoms with Crippen molar-refractivity contribution < 1.29 is 22.7 Å². The average Bonchev–Trinajstić information content (AvgIpc) is 3.36. The van der Waals surface area contributed by atoms with E-state index in [1.165, 1.54) is 17.2 Å². The van der Waals surface area contributed by atoms with Gasteiger partial charge in [-0.25, -0.2) is 13.8 Å². The summed E-state index contributed by atoms with van der Waals surface area (Å²) in [6, 6.07) is 12.1. The van der Waals surface area contributed by atoms with Crippen molar-refractivity contribution in [2.75, 3.05) is 11.5 Å². The van der Waals surface area contributed by atoms with Gasteiger partial charge in [0.15, 0.2) is 10.9 Å². The smallest absolute Gasteiger partial charge is 0.260 e. The van der Waals surface area contributed by atoms with Crippen LogP contribution < -0.4 is 9.64 Å². The zero-order chi connectivity index (χ0) is 20.4. The van der Waals surface area contributed by atoms with Crippen LogP contribution in [0, 0.1) is 11.6 Å². The van der Waals surface area contributed by atoms with Crippen LogP contribution in [0.5, 0.6) is 5.75 Å². The third-order valence-corrected chi connectivity index (χ3v) is 5.21. The minimum atomic E-state index is -0.769. The van der Waals surface area contributed by atoms with E-state index in [0.717, 1.165) is 17.4 Å². The third kappa shape index (κ3) is 3.97. The Balaban J connectivity index is 1.73. The second-order valence-corrected chi connectivity index (χ2v) is 7.17. The van der Waals surface area contributed by atoms with Crippen LogP contribution in [0.25, 0.3) is 10.2 Å². The van der Waals surface area contributed by atoms with Gasteiger partial charge >= 0.3 is 0 Å². The monoisotopic (exact) mass is 414 g/mol. The Kier molecular flexibility index (Phi) is 5.26. The number of halogens is 2. The molecule has 0 aliphatic heterocycles. The zero-order valence-electron chi connectivity index (χ0n) is 15.4. The highest BCUT2D eigenvalue weighted by Gasteiger charge is 2.24. The summed E-state index contributed by atoms with van der Waals surface area (Å²) in [6.45, 7) is 2.49. The first-order chi connectivity index (χ1) is 14.0. The Morgan fingerprint density at radius 3 is 2.69 bits per heavy atom. The van der Waals surface area contributed by atoms with Crippen molar-refractivity contribution in [2.24, 2.45) is 0 Å². The summed E-state index contributed by atoms with van der Waals surface area (Å²) in [5, 5.41) is 0.250. The molecule has 4 rings (SSSR count). The van der Waals surface area contributed by atoms with Gasteiger partial charge in [-0.3, -0.25) is 9.69 Å². The van der Waals surface area contributed by atoms with Crippen LogP contribution in [0.1, 0.15) is 23.0 Å². The summed E-state index contributed by atoms with van der Waals surface area (Å²) in [5.41, 5.74) is 0.432. The van der Waals surface area contributed by atoms with Gasteiger partial charge in [0.25, 0.3) is 5.91 Å². The van der Waals surface area contributed by atoms with Gasteiger partial charge in [0.1, 0.15) is 22.8 Å². The van der Waals surface area contributed by atoms with E-state index < -0.39 is 11.6 Å². The van der Waals surface area contributed by atoms with Crippen LogP contribution in [-0.2, 0) is 6.54 Å². The number of thiazole rings is 1. The first kappa shape index (κ1) is 19.1. The zero-order valence-corrected chi connectivity index (χ0v) is 16.2. The number of carbonyl (C=O) groups is 1. The Bertz CT molecular complexity index is 1140. The number of hydrogen-bond acceptors (Lipinski definition) is 5. The number of fused-ring (bicyclic) bond motifs is 1. The molecule has 2 heterocycles. The van der Waals surface area contributed by atoms with Gasteiger partial charge in [0.2, 0.25) is 0 Å². The Hall–Kier alpha value is -3.26. The number of carbonyl (C=O) groups excluding carboxylic acids is 1. The van der Waals surface area contributed by atoms with E-state index in [0.29, 0.717) is 28.4 Å². The lowest BCUT2D eigenvalue weighted by atomic mass is 10.2. The van der Waals surface area contributed by atoms with E-state index in [1.54, 1.807) is 36.4 Å². The van der Waals surface area contributed by atoms with E-state index in [-0.39, 0.29) is 23.1 Å². The molecule has 5 nitrogen and oxygen atoms in total. The number of anilines is 1. The fraction of sp³-hybridized carbons (Fsp3) is 0.143. The molecule has 0 unspecified atom stereocenters. The number of hydrogen-bond donors (Lipinski definition) is 0. The summed E-state index contributed by atoms with van der Waals surface area (Å²) in [5.74, 6) is -0.617. The Morgan fingerprint density at radius 1 is 1.21 bits per heavy atom. The fourth-order valence-corrected chi connectivity index (χ4v) is 3.86. The lowest BCUT2D eigenvalue weighted by Crippen LogP contribution is -2.30. The average molecular weight is 414 g/mol. The summed E-state index contributed by atoms with van der Waals surface area (Å²) >= 11 is 1.04. The summed E-state index contributed by atoms with van der Waals surface area (Å²) in [7, 11) is 0. The Labute approximate surface area is 169 Å². The molecule has 0 bridgehead atoms. The molecule has 0 atom stereocenters. The number of rotatable bonds is 6. The van der Waals surface area contributed by atoms with E-state index in [4.69, 9.17) is 9.15 Å². The van der Waals surface area contributed by atoms with Crippen LogP contribution in [-0.4, -0.2) is 17.5 Å². The minimum absolute atomic E-state index is 0.0235. The van der Waals surface area contributed by atoms with Crippen molar-refractivity contribution in [3.8, 4) is 5.75 Å². The maximum absolute atomic E-state index is 14.1. The van der Waals surface area contributed by atoms with E-state index in [9.17, 15) is 13.6 Å². The third-order valence-electron chi connectivity index (χ3n) is 4.18. The molecule has 0 fully saturated rings. The first-order valence-corrected chi connectivity index (χ1v) is 9.69. The predicted octanol–water partition coefficient (Wildman–Crippen LogP) is 5.41. The highest BCUT2D eigenvalue weighted by Crippen LogP contribution is 2.33. The standard InChI is InChI=1S/C21H16F2N2O3S/c1-2-27-15-7-5-13(6-8-15)20(26)25(12-16-4-3-9-28-16)21-24-19-17(23)10-14(22)11-18(19)29-21/h3-11H,2,12H2,1H3. The number of aromatic nitrogens is 1. The van der Waals surface area contributed by atoms with Gasteiger partial charge < -0.3 is 9.15 Å². The Morgan fingerprint density at radius 2 is 2.00 bits per heavy atom. The number of benzene rings is 2. The highest BCUT2D eigenvalue weighted by molar-refractivity contribution is 7.22. The van der Waals surface area contributed by atoms with Gasteiger partial charge in [-0.05, 0) is 49.4 Å². The van der Waals surface area contributed by atoms with E-state index in [2.05, 4.69) is 4.98 Å². The molecule has 0 aliphatic rings. The van der Waals surface area contributed by atoms with Gasteiger partial charge in [-0.1, -0.05) is 11.3 Å². The normalized spacial score (nSPS) is 11.0. The molecule has 0 spiro atoms. The minimum Gasteiger partial charge on any atom is -0.494 e. The van der Waals surface area contributed by atoms with Gasteiger partial charge in [-0.15, -0.1) is 0 Å². The van der Waals surface area contributed by atoms with E-state index >= 15 is 0 Å². The summed E-state index contributed by atoms with van der Waals surface area (Å²) < 4.78 is 38.8. The molecule has 0 saturated heterocycles. The summed E-state index contributed by atoms with van der Waals surface area (Å²) in [4.78, 5) is 18.8. The highest BCUT2D eigenvalue weighted by atomic mass is 32.1. The SMILES string of the molecule is CCOc1ccc(C(=O)N(Cc2ccco2)c2nc3c(F)cc(F)cc3s2)cc1. The number of amides is 1. The van der Waals surface area contributed by atoms with Crippen molar-refractivity contribution >= 4 is 32.6 Å². The molecule has 29 heavy (non-hydrogen) atoms. The van der Waals surface area contributed by atoms with Crippen molar-refractivity contribution in [3.05, 3.63) is 77.8 Å². The van der Waals surface area contributed by atoms with Crippen LogP contribution in [0.2, 0.25) is 0 Å². The van der Waals surface area contributed by atoms with Crippen LogP contribution in [0.4, 0.5) is 13.9 Å². The van der Waals surface area contributed by atoms with Gasteiger partial charge in [0.05, 0.1) is 24.1 Å². The molecule has 0 N–H and O–H groups in total. The number of nitrogens with zero attached hydrogens (tertiary/aromatic N) is 2. The van der Waals surface area contributed by atoms with Crippen LogP contribution >= 0.6 is 11.3 Å². The molecule has 148 valence electrons. The fourth-order valence-electron chi connectivity index (χ4n) is 2.86. The van der Waals surface area contributed by atoms with Crippen molar-refractivity contribution in [1.29, 1.82) is 0 Å². The van der Waals surface area contributed by atoms with Gasteiger partial charge in [0, 0.05) is 11.6 Å². The van der Waals surface area contributed by atoms with Crippen molar-refractivity contribution in [3.63, 3.8) is 0 Å². The largest absolute Gasteiger partial charge is 0.494 e. The lowest BCUT2D eigenvalue weighted by molar-refractivity contribution is 0.0983. The topological polar surface area (TPSA) is 55.6 Å². The van der Waals surface area contributed by atoms with Crippen molar-refractivity contribution in [1.82, 2.24) is 4.98 Å². The number of ether oxygens (including phenoxy) is 1. The molecular formula is C21H16F2N2O3S. The molecule has 2 aromatic heterocycles. The lowest BCUT2D eigenvalue weighted by Gasteiger charge is -2.19. The molecular weight excluding hydrogens is 398 g/mol. The molecule has 8 heteroatoms. The van der Waals surface area contributed by atoms with E-state index in [1.807, 2.05) is 6.92 Å². The molecule has 2 aromatic carbocycles. The molecule has 0 radical (unpaired) electrons. The molecule has 0 saturated carbocycles. The second kappa shape index (κ2) is 8.00. The maximum Gasteiger partial charge on any atom is 0.260 e. The molecule has 1 amide bonds. The maximum atomic E-state index is 14.1. The molecule has 0 aliphatic carbocycles. The van der Waals surface area contributed by atoms with Crippen LogP contribution in [0.3, 0.4) is 0 Å². The van der Waals surface area contributed by atoms with Gasteiger partial charge in [-0.2, -0.15) is 0 Å².